The summed E-state index contributed by atoms with van der Waals surface area (Å²) < 4.78 is 0.326. The van der Waals surface area contributed by atoms with Gasteiger partial charge in [-0.3, -0.25) is 0 Å². The Labute approximate surface area is 99.8 Å². The summed E-state index contributed by atoms with van der Waals surface area (Å²) in [5.41, 5.74) is 0.822. The summed E-state index contributed by atoms with van der Waals surface area (Å²) >= 11 is 13.2. The van der Waals surface area contributed by atoms with E-state index in [-0.39, 0.29) is 0 Å². The maximum Gasteiger partial charge on any atom is 0.189 e. The van der Waals surface area contributed by atoms with Crippen LogP contribution in [-0.4, -0.2) is 8.35 Å². The van der Waals surface area contributed by atoms with Gasteiger partial charge in [0, 0.05) is 5.56 Å². The minimum Gasteiger partial charge on any atom is -0.136 e. The van der Waals surface area contributed by atoms with Gasteiger partial charge in [0.05, 0.1) is 0 Å². The third kappa shape index (κ3) is 4.06. The first kappa shape index (κ1) is 10.9. The number of hydrogen-bond acceptors (Lipinski definition) is 2. The van der Waals surface area contributed by atoms with Crippen molar-refractivity contribution in [2.45, 2.75) is 0 Å². The van der Waals surface area contributed by atoms with Gasteiger partial charge in [0.15, 0.2) is 8.35 Å². The molecule has 1 aromatic rings. The largest absolute Gasteiger partial charge is 0.189 e. The quantitative estimate of drug-likeness (QED) is 0.450. The summed E-state index contributed by atoms with van der Waals surface area (Å²) in [4.78, 5) is 0. The molecule has 2 nitrogen and oxygen atoms in total. The molecular weight excluding hydrogens is 322 g/mol. The van der Waals surface area contributed by atoms with Gasteiger partial charge in [0.2, 0.25) is 0 Å². The van der Waals surface area contributed by atoms with Crippen molar-refractivity contribution < 1.29 is 0 Å². The van der Waals surface area contributed by atoms with E-state index in [1.807, 2.05) is 52.9 Å². The Morgan fingerprint density at radius 1 is 1.08 bits per heavy atom. The van der Waals surface area contributed by atoms with Gasteiger partial charge in [-0.05, 0) is 22.6 Å². The van der Waals surface area contributed by atoms with E-state index < -0.39 is 0 Å². The van der Waals surface area contributed by atoms with E-state index in [4.69, 9.17) is 23.2 Å². The van der Waals surface area contributed by atoms with E-state index in [0.29, 0.717) is 8.35 Å². The Morgan fingerprint density at radius 3 is 2.23 bits per heavy atom. The van der Waals surface area contributed by atoms with Crippen molar-refractivity contribution in [3.63, 3.8) is 0 Å². The lowest BCUT2D eigenvalue weighted by atomic mass is 10.2. The highest BCUT2D eigenvalue weighted by atomic mass is 127. The Balaban J connectivity index is 2.86. The molecule has 0 saturated carbocycles. The van der Waals surface area contributed by atoms with Crippen molar-refractivity contribution in [1.82, 2.24) is 0 Å². The van der Waals surface area contributed by atoms with Crippen molar-refractivity contribution in [3.8, 4) is 0 Å². The van der Waals surface area contributed by atoms with Crippen LogP contribution in [0.2, 0.25) is 0 Å². The van der Waals surface area contributed by atoms with Gasteiger partial charge in [0.25, 0.3) is 0 Å². The summed E-state index contributed by atoms with van der Waals surface area (Å²) in [6, 6.07) is 9.36. The maximum atomic E-state index is 5.83. The van der Waals surface area contributed by atoms with Crippen LogP contribution < -0.4 is 0 Å². The number of benzene rings is 1. The summed E-state index contributed by atoms with van der Waals surface area (Å²) in [5, 5.41) is 7.68. The zero-order valence-electron chi connectivity index (χ0n) is 6.42. The molecule has 0 unspecified atom stereocenters. The molecule has 0 heterocycles. The van der Waals surface area contributed by atoms with Crippen LogP contribution >= 0.6 is 45.8 Å². The Hall–Kier alpha value is -0.130. The highest BCUT2D eigenvalue weighted by Gasteiger charge is 1.96. The molecule has 0 fully saturated rings. The maximum absolute atomic E-state index is 5.83. The minimum atomic E-state index is 0.326. The van der Waals surface area contributed by atoms with Crippen LogP contribution in [0.25, 0.3) is 0 Å². The fourth-order valence-corrected chi connectivity index (χ4v) is 1.02. The molecule has 0 bridgehead atoms. The number of nitrogens with zero attached hydrogens (tertiary/aromatic N) is 2. The second-order valence-corrected chi connectivity index (χ2v) is 4.47. The van der Waals surface area contributed by atoms with Crippen molar-refractivity contribution in [2.75, 3.05) is 0 Å². The van der Waals surface area contributed by atoms with Crippen LogP contribution in [-0.2, 0) is 0 Å². The smallest absolute Gasteiger partial charge is 0.136 e. The van der Waals surface area contributed by atoms with Gasteiger partial charge in [-0.2, -0.15) is 0 Å². The Kier molecular flexibility index (Phi) is 4.69. The van der Waals surface area contributed by atoms with Gasteiger partial charge < -0.3 is 0 Å². The first-order valence-electron chi connectivity index (χ1n) is 3.37. The van der Waals surface area contributed by atoms with Gasteiger partial charge >= 0.3 is 0 Å². The molecule has 0 radical (unpaired) electrons. The van der Waals surface area contributed by atoms with Crippen LogP contribution in [0.5, 0.6) is 0 Å². The van der Waals surface area contributed by atoms with Gasteiger partial charge in [0.1, 0.15) is 0 Å². The number of hydrogen-bond donors (Lipinski definition) is 0. The highest BCUT2D eigenvalue weighted by Crippen LogP contribution is 2.06. The normalized spacial score (nSPS) is 13.2. The molecule has 0 atom stereocenters. The van der Waals surface area contributed by atoms with E-state index in [9.17, 15) is 0 Å². The first-order valence-corrected chi connectivity index (χ1v) is 5.21. The number of halogens is 3. The number of rotatable bonds is 2. The molecule has 0 aliphatic rings. The standard InChI is InChI=1S/C8H5Cl2IN2/c9-7(12-13-8(10)11)6-4-2-1-3-5-6/h1-5H/b12-7-,13-8+. The lowest BCUT2D eigenvalue weighted by Gasteiger charge is -1.93. The first-order chi connectivity index (χ1) is 6.20. The van der Waals surface area contributed by atoms with Crippen molar-refractivity contribution in [2.24, 2.45) is 10.2 Å². The van der Waals surface area contributed by atoms with Crippen LogP contribution in [0.4, 0.5) is 0 Å². The molecule has 0 N–H and O–H groups in total. The fourth-order valence-electron chi connectivity index (χ4n) is 0.715. The van der Waals surface area contributed by atoms with Gasteiger partial charge in [-0.25, -0.2) is 0 Å². The molecule has 0 aliphatic heterocycles. The average Bonchev–Trinajstić information content (AvgIpc) is 2.15. The SMILES string of the molecule is Cl/C(=N\N=C(/Cl)I)c1ccccc1. The third-order valence-electron chi connectivity index (χ3n) is 1.23. The highest BCUT2D eigenvalue weighted by molar-refractivity contribution is 14.1. The van der Waals surface area contributed by atoms with Crippen LogP contribution in [0.3, 0.4) is 0 Å². The lowest BCUT2D eigenvalue weighted by molar-refractivity contribution is 1.27. The summed E-state index contributed by atoms with van der Waals surface area (Å²) in [5.74, 6) is 0. The second kappa shape index (κ2) is 5.57. The molecule has 1 rings (SSSR count). The molecule has 0 amide bonds. The van der Waals surface area contributed by atoms with Crippen molar-refractivity contribution in [1.29, 1.82) is 0 Å². The zero-order chi connectivity index (χ0) is 9.68. The fraction of sp³-hybridized carbons (Fsp3) is 0. The predicted molar refractivity (Wildman–Crippen MR) is 66.1 cm³/mol. The minimum absolute atomic E-state index is 0.326. The Bertz CT molecular complexity index is 331. The molecule has 0 aliphatic carbocycles. The summed E-state index contributed by atoms with van der Waals surface area (Å²) in [6.07, 6.45) is 0. The molecule has 5 heteroatoms. The molecular formula is C8H5Cl2IN2. The topological polar surface area (TPSA) is 24.7 Å². The average molecular weight is 327 g/mol. The summed E-state index contributed by atoms with van der Waals surface area (Å²) in [7, 11) is 0. The van der Waals surface area contributed by atoms with Gasteiger partial charge in [-0.15, -0.1) is 10.2 Å². The second-order valence-electron chi connectivity index (χ2n) is 2.10. The third-order valence-corrected chi connectivity index (χ3v) is 1.81. The van der Waals surface area contributed by atoms with Crippen molar-refractivity contribution in [3.05, 3.63) is 35.9 Å². The lowest BCUT2D eigenvalue weighted by Crippen LogP contribution is -1.88. The van der Waals surface area contributed by atoms with Crippen LogP contribution in [0.15, 0.2) is 40.5 Å². The molecule has 13 heavy (non-hydrogen) atoms. The summed E-state index contributed by atoms with van der Waals surface area (Å²) in [6.45, 7) is 0. The van der Waals surface area contributed by atoms with E-state index in [2.05, 4.69) is 10.2 Å². The van der Waals surface area contributed by atoms with E-state index in [1.165, 1.54) is 0 Å². The van der Waals surface area contributed by atoms with Gasteiger partial charge in [-0.1, -0.05) is 53.5 Å². The van der Waals surface area contributed by atoms with Crippen LogP contribution in [0, 0.1) is 0 Å². The molecule has 0 aromatic heterocycles. The molecule has 0 spiro atoms. The van der Waals surface area contributed by atoms with Crippen LogP contribution in [0.1, 0.15) is 5.56 Å². The molecule has 1 aromatic carbocycles. The van der Waals surface area contributed by atoms with E-state index in [0.717, 1.165) is 5.56 Å². The molecule has 0 saturated heterocycles. The Morgan fingerprint density at radius 2 is 1.69 bits per heavy atom. The van der Waals surface area contributed by atoms with Crippen molar-refractivity contribution >= 4 is 54.1 Å². The van der Waals surface area contributed by atoms with E-state index in [1.54, 1.807) is 0 Å². The predicted octanol–water partition coefficient (Wildman–Crippen LogP) is 3.62. The zero-order valence-corrected chi connectivity index (χ0v) is 10.1. The monoisotopic (exact) mass is 326 g/mol. The van der Waals surface area contributed by atoms with E-state index >= 15 is 0 Å². The molecule has 68 valence electrons.